The molecule has 4 nitrogen and oxygen atoms in total. The Balaban J connectivity index is 2.00. The zero-order valence-corrected chi connectivity index (χ0v) is 10.6. The average molecular weight is 253 g/mol. The maximum absolute atomic E-state index is 12.5. The molecule has 1 fully saturated rings. The minimum atomic E-state index is 0.0388. The molecule has 1 aliphatic rings. The summed E-state index contributed by atoms with van der Waals surface area (Å²) in [5.41, 5.74) is 2.26. The fourth-order valence-electron chi connectivity index (χ4n) is 2.40. The number of likely N-dealkylation sites (tertiary alicyclic amines) is 1. The Hall–Kier alpha value is -2.23. The molecular weight excluding hydrogens is 238 g/mol. The first-order valence-corrected chi connectivity index (χ1v) is 6.51. The summed E-state index contributed by atoms with van der Waals surface area (Å²) in [4.78, 5) is 22.7. The normalized spacial score (nSPS) is 14.6. The second kappa shape index (κ2) is 5.18. The first-order chi connectivity index (χ1) is 9.36. The largest absolute Gasteiger partial charge is 0.339 e. The predicted molar refractivity (Wildman–Crippen MR) is 72.6 cm³/mol. The van der Waals surface area contributed by atoms with Crippen molar-refractivity contribution in [3.63, 3.8) is 0 Å². The summed E-state index contributed by atoms with van der Waals surface area (Å²) in [5, 5.41) is 0. The quantitative estimate of drug-likeness (QED) is 0.825. The third-order valence-electron chi connectivity index (χ3n) is 3.38. The molecule has 1 amide bonds. The van der Waals surface area contributed by atoms with Crippen LogP contribution in [-0.2, 0) is 0 Å². The molecule has 0 radical (unpaired) electrons. The van der Waals surface area contributed by atoms with Crippen LogP contribution in [-0.4, -0.2) is 33.9 Å². The predicted octanol–water partition coefficient (Wildman–Crippen LogP) is 2.38. The minimum Gasteiger partial charge on any atom is -0.339 e. The number of amides is 1. The van der Waals surface area contributed by atoms with Crippen LogP contribution in [0.3, 0.4) is 0 Å². The van der Waals surface area contributed by atoms with Crippen LogP contribution in [0.2, 0.25) is 0 Å². The van der Waals surface area contributed by atoms with Gasteiger partial charge < -0.3 is 4.90 Å². The standard InChI is InChI=1S/C15H15N3O/c19-15(18-8-4-5-9-18)13-10-16-11-17-14(13)12-6-2-1-3-7-12/h1-3,6-7,10-11H,4-5,8-9H2. The molecule has 0 aliphatic carbocycles. The molecule has 0 unspecified atom stereocenters. The van der Waals surface area contributed by atoms with Crippen LogP contribution in [0.15, 0.2) is 42.9 Å². The van der Waals surface area contributed by atoms with Crippen LogP contribution in [0.25, 0.3) is 11.3 Å². The number of nitrogens with zero attached hydrogens (tertiary/aromatic N) is 3. The fraction of sp³-hybridized carbons (Fsp3) is 0.267. The Morgan fingerprint density at radius 2 is 1.84 bits per heavy atom. The number of carbonyl (C=O) groups is 1. The number of benzene rings is 1. The zero-order valence-electron chi connectivity index (χ0n) is 10.6. The summed E-state index contributed by atoms with van der Waals surface area (Å²) in [6, 6.07) is 9.77. The van der Waals surface area contributed by atoms with E-state index in [0.29, 0.717) is 11.3 Å². The van der Waals surface area contributed by atoms with Gasteiger partial charge in [-0.1, -0.05) is 30.3 Å². The first kappa shape index (κ1) is 11.8. The van der Waals surface area contributed by atoms with Crippen LogP contribution in [0, 0.1) is 0 Å². The second-order valence-electron chi connectivity index (χ2n) is 4.65. The molecule has 1 aromatic carbocycles. The number of carbonyl (C=O) groups excluding carboxylic acids is 1. The van der Waals surface area contributed by atoms with E-state index in [1.54, 1.807) is 6.20 Å². The third-order valence-corrected chi connectivity index (χ3v) is 3.38. The number of hydrogen-bond donors (Lipinski definition) is 0. The summed E-state index contributed by atoms with van der Waals surface area (Å²) in [6.45, 7) is 1.67. The average Bonchev–Trinajstić information content (AvgIpc) is 3.02. The van der Waals surface area contributed by atoms with E-state index >= 15 is 0 Å². The van der Waals surface area contributed by atoms with Crippen molar-refractivity contribution in [1.82, 2.24) is 14.9 Å². The lowest BCUT2D eigenvalue weighted by molar-refractivity contribution is 0.0793. The number of hydrogen-bond acceptors (Lipinski definition) is 3. The van der Waals surface area contributed by atoms with Crippen LogP contribution in [0.4, 0.5) is 0 Å². The summed E-state index contributed by atoms with van der Waals surface area (Å²) >= 11 is 0. The molecule has 0 spiro atoms. The molecule has 19 heavy (non-hydrogen) atoms. The molecule has 1 aliphatic heterocycles. The van der Waals surface area contributed by atoms with Gasteiger partial charge in [-0.15, -0.1) is 0 Å². The Morgan fingerprint density at radius 1 is 1.11 bits per heavy atom. The van der Waals surface area contributed by atoms with Gasteiger partial charge in [-0.05, 0) is 12.8 Å². The molecule has 1 aromatic heterocycles. The van der Waals surface area contributed by atoms with Crippen molar-refractivity contribution in [2.24, 2.45) is 0 Å². The van der Waals surface area contributed by atoms with Crippen molar-refractivity contribution >= 4 is 5.91 Å². The highest BCUT2D eigenvalue weighted by Gasteiger charge is 2.23. The lowest BCUT2D eigenvalue weighted by Gasteiger charge is -2.16. The summed E-state index contributed by atoms with van der Waals surface area (Å²) in [7, 11) is 0. The van der Waals surface area contributed by atoms with E-state index in [9.17, 15) is 4.79 Å². The van der Waals surface area contributed by atoms with Crippen molar-refractivity contribution in [3.05, 3.63) is 48.4 Å². The highest BCUT2D eigenvalue weighted by Crippen LogP contribution is 2.22. The Bertz CT molecular complexity index is 577. The van der Waals surface area contributed by atoms with E-state index in [2.05, 4.69) is 9.97 Å². The zero-order chi connectivity index (χ0) is 13.1. The Morgan fingerprint density at radius 3 is 2.58 bits per heavy atom. The molecule has 96 valence electrons. The molecule has 2 aromatic rings. The van der Waals surface area contributed by atoms with Crippen LogP contribution in [0.5, 0.6) is 0 Å². The molecule has 4 heteroatoms. The maximum Gasteiger partial charge on any atom is 0.257 e. The van der Waals surface area contributed by atoms with Gasteiger partial charge in [0.15, 0.2) is 0 Å². The maximum atomic E-state index is 12.5. The number of aromatic nitrogens is 2. The van der Waals surface area contributed by atoms with Gasteiger partial charge in [-0.2, -0.15) is 0 Å². The fourth-order valence-corrected chi connectivity index (χ4v) is 2.40. The first-order valence-electron chi connectivity index (χ1n) is 6.51. The second-order valence-corrected chi connectivity index (χ2v) is 4.65. The molecular formula is C15H15N3O. The summed E-state index contributed by atoms with van der Waals surface area (Å²) in [5.74, 6) is 0.0388. The van der Waals surface area contributed by atoms with E-state index in [0.717, 1.165) is 31.5 Å². The number of rotatable bonds is 2. The minimum absolute atomic E-state index is 0.0388. The lowest BCUT2D eigenvalue weighted by Crippen LogP contribution is -2.28. The lowest BCUT2D eigenvalue weighted by atomic mass is 10.1. The van der Waals surface area contributed by atoms with E-state index in [1.807, 2.05) is 35.2 Å². The highest BCUT2D eigenvalue weighted by molar-refractivity contribution is 5.99. The molecule has 0 saturated carbocycles. The third kappa shape index (κ3) is 2.34. The van der Waals surface area contributed by atoms with Gasteiger partial charge in [0, 0.05) is 24.8 Å². The van der Waals surface area contributed by atoms with E-state index in [4.69, 9.17) is 0 Å². The van der Waals surface area contributed by atoms with Crippen molar-refractivity contribution in [2.75, 3.05) is 13.1 Å². The summed E-state index contributed by atoms with van der Waals surface area (Å²) in [6.07, 6.45) is 5.28. The van der Waals surface area contributed by atoms with Gasteiger partial charge in [-0.3, -0.25) is 4.79 Å². The van der Waals surface area contributed by atoms with Gasteiger partial charge in [-0.25, -0.2) is 9.97 Å². The molecule has 1 saturated heterocycles. The van der Waals surface area contributed by atoms with E-state index < -0.39 is 0 Å². The molecule has 0 bridgehead atoms. The van der Waals surface area contributed by atoms with Gasteiger partial charge in [0.2, 0.25) is 0 Å². The molecule has 2 heterocycles. The van der Waals surface area contributed by atoms with Gasteiger partial charge in [0.05, 0.1) is 11.3 Å². The van der Waals surface area contributed by atoms with Crippen molar-refractivity contribution in [3.8, 4) is 11.3 Å². The Kier molecular flexibility index (Phi) is 3.23. The van der Waals surface area contributed by atoms with Gasteiger partial charge in [0.1, 0.15) is 6.33 Å². The molecule has 0 N–H and O–H groups in total. The van der Waals surface area contributed by atoms with Crippen molar-refractivity contribution < 1.29 is 4.79 Å². The monoisotopic (exact) mass is 253 g/mol. The summed E-state index contributed by atoms with van der Waals surface area (Å²) < 4.78 is 0. The van der Waals surface area contributed by atoms with Crippen LogP contribution in [0.1, 0.15) is 23.2 Å². The molecule has 3 rings (SSSR count). The van der Waals surface area contributed by atoms with E-state index in [-0.39, 0.29) is 5.91 Å². The topological polar surface area (TPSA) is 46.1 Å². The van der Waals surface area contributed by atoms with Crippen LogP contribution >= 0.6 is 0 Å². The van der Waals surface area contributed by atoms with E-state index in [1.165, 1.54) is 6.33 Å². The smallest absolute Gasteiger partial charge is 0.257 e. The van der Waals surface area contributed by atoms with Gasteiger partial charge in [0.25, 0.3) is 5.91 Å². The SMILES string of the molecule is O=C(c1cncnc1-c1ccccc1)N1CCCC1. The Labute approximate surface area is 112 Å². The van der Waals surface area contributed by atoms with Crippen LogP contribution < -0.4 is 0 Å². The van der Waals surface area contributed by atoms with Crippen molar-refractivity contribution in [1.29, 1.82) is 0 Å². The highest BCUT2D eigenvalue weighted by atomic mass is 16.2. The van der Waals surface area contributed by atoms with Gasteiger partial charge >= 0.3 is 0 Å². The van der Waals surface area contributed by atoms with Crippen molar-refractivity contribution in [2.45, 2.75) is 12.8 Å². The molecule has 0 atom stereocenters.